The first-order chi connectivity index (χ1) is 13.0. The molecule has 2 aliphatic rings. The zero-order valence-corrected chi connectivity index (χ0v) is 16.2. The Balaban J connectivity index is 1.55. The number of rotatable bonds is 6. The summed E-state index contributed by atoms with van der Waals surface area (Å²) in [6.07, 6.45) is 2.26. The predicted molar refractivity (Wildman–Crippen MR) is 102 cm³/mol. The molecule has 2 aliphatic heterocycles. The van der Waals surface area contributed by atoms with Gasteiger partial charge in [-0.2, -0.15) is 0 Å². The van der Waals surface area contributed by atoms with E-state index in [-0.39, 0.29) is 11.8 Å². The summed E-state index contributed by atoms with van der Waals surface area (Å²) in [5, 5.41) is 2.91. The first kappa shape index (κ1) is 19.8. The van der Waals surface area contributed by atoms with Crippen molar-refractivity contribution < 1.29 is 19.1 Å². The maximum Gasteiger partial charge on any atom is 0.253 e. The average molecular weight is 375 g/mol. The molecule has 2 saturated heterocycles. The van der Waals surface area contributed by atoms with Gasteiger partial charge in [-0.05, 0) is 45.3 Å². The van der Waals surface area contributed by atoms with Crippen LogP contribution in [0.3, 0.4) is 0 Å². The fourth-order valence-electron chi connectivity index (χ4n) is 3.51. The van der Waals surface area contributed by atoms with Crippen LogP contribution in [0.4, 0.5) is 0 Å². The molecule has 1 aromatic rings. The topological polar surface area (TPSA) is 71.1 Å². The Bertz CT molecular complexity index is 661. The molecule has 3 rings (SSSR count). The summed E-state index contributed by atoms with van der Waals surface area (Å²) in [5.74, 6) is -0.690. The molecule has 0 saturated carbocycles. The lowest BCUT2D eigenvalue weighted by atomic mass is 10.0. The molecule has 7 nitrogen and oxygen atoms in total. The van der Waals surface area contributed by atoms with E-state index < -0.39 is 5.79 Å². The Kier molecular flexibility index (Phi) is 6.46. The number of nitrogens with zero attached hydrogens (tertiary/aromatic N) is 2. The molecule has 2 amide bonds. The molecule has 0 aromatic heterocycles. The Morgan fingerprint density at radius 3 is 2.48 bits per heavy atom. The number of hydrogen-bond donors (Lipinski definition) is 1. The largest absolute Gasteiger partial charge is 0.352 e. The van der Waals surface area contributed by atoms with E-state index in [1.54, 1.807) is 24.3 Å². The minimum atomic E-state index is -0.495. The van der Waals surface area contributed by atoms with Crippen LogP contribution in [-0.2, 0) is 9.47 Å². The number of piperidine rings is 1. The second-order valence-electron chi connectivity index (χ2n) is 7.39. The molecule has 2 heterocycles. The third-order valence-corrected chi connectivity index (χ3v) is 5.07. The van der Waals surface area contributed by atoms with Gasteiger partial charge in [0.05, 0.1) is 13.2 Å². The van der Waals surface area contributed by atoms with Crippen LogP contribution in [0.2, 0.25) is 0 Å². The Hall–Kier alpha value is -1.96. The number of benzene rings is 1. The first-order valence-electron chi connectivity index (χ1n) is 9.59. The summed E-state index contributed by atoms with van der Waals surface area (Å²) in [5.41, 5.74) is 1.06. The van der Waals surface area contributed by atoms with Crippen molar-refractivity contribution in [3.05, 3.63) is 35.4 Å². The van der Waals surface area contributed by atoms with Crippen LogP contribution in [-0.4, -0.2) is 80.9 Å². The van der Waals surface area contributed by atoms with Gasteiger partial charge in [-0.15, -0.1) is 0 Å². The number of amides is 2. The minimum Gasteiger partial charge on any atom is -0.352 e. The van der Waals surface area contributed by atoms with Crippen molar-refractivity contribution in [2.75, 3.05) is 53.5 Å². The van der Waals surface area contributed by atoms with Gasteiger partial charge in [-0.3, -0.25) is 9.59 Å². The fourth-order valence-corrected chi connectivity index (χ4v) is 3.51. The third-order valence-electron chi connectivity index (χ3n) is 5.07. The van der Waals surface area contributed by atoms with Crippen molar-refractivity contribution in [1.29, 1.82) is 0 Å². The van der Waals surface area contributed by atoms with Gasteiger partial charge in [-0.1, -0.05) is 6.07 Å². The van der Waals surface area contributed by atoms with Gasteiger partial charge in [0.1, 0.15) is 0 Å². The molecular formula is C20H29N3O4. The molecule has 1 spiro atoms. The minimum absolute atomic E-state index is 0.0508. The van der Waals surface area contributed by atoms with Crippen LogP contribution < -0.4 is 5.32 Å². The van der Waals surface area contributed by atoms with Gasteiger partial charge in [0.15, 0.2) is 5.79 Å². The lowest BCUT2D eigenvalue weighted by Crippen LogP contribution is -2.47. The van der Waals surface area contributed by atoms with E-state index in [0.29, 0.717) is 56.8 Å². The van der Waals surface area contributed by atoms with Crippen LogP contribution in [0.5, 0.6) is 0 Å². The van der Waals surface area contributed by atoms with E-state index in [2.05, 4.69) is 10.2 Å². The smallest absolute Gasteiger partial charge is 0.253 e. The van der Waals surface area contributed by atoms with Crippen LogP contribution in [0, 0.1) is 0 Å². The van der Waals surface area contributed by atoms with E-state index in [1.165, 1.54) is 0 Å². The molecule has 7 heteroatoms. The Morgan fingerprint density at radius 2 is 1.81 bits per heavy atom. The highest BCUT2D eigenvalue weighted by atomic mass is 16.7. The van der Waals surface area contributed by atoms with Crippen molar-refractivity contribution in [3.63, 3.8) is 0 Å². The monoisotopic (exact) mass is 375 g/mol. The number of carbonyl (C=O) groups is 2. The van der Waals surface area contributed by atoms with Crippen molar-refractivity contribution in [2.45, 2.75) is 25.0 Å². The van der Waals surface area contributed by atoms with Crippen LogP contribution >= 0.6 is 0 Å². The van der Waals surface area contributed by atoms with E-state index >= 15 is 0 Å². The number of carbonyl (C=O) groups excluding carboxylic acids is 2. The van der Waals surface area contributed by atoms with Crippen molar-refractivity contribution in [1.82, 2.24) is 15.1 Å². The van der Waals surface area contributed by atoms with Crippen molar-refractivity contribution in [3.8, 4) is 0 Å². The molecule has 2 fully saturated rings. The number of hydrogen-bond acceptors (Lipinski definition) is 5. The number of likely N-dealkylation sites (tertiary alicyclic amines) is 1. The standard InChI is InChI=1S/C20H29N3O4/c1-22(2)10-4-9-21-18(24)16-5-3-6-17(15-16)19(25)23-11-7-20(8-12-23)26-13-14-27-20/h3,5-6,15H,4,7-14H2,1-2H3,(H,21,24). The summed E-state index contributed by atoms with van der Waals surface area (Å²) in [6.45, 7) is 3.98. The van der Waals surface area contributed by atoms with Crippen LogP contribution in [0.25, 0.3) is 0 Å². The Labute approximate surface area is 160 Å². The summed E-state index contributed by atoms with van der Waals surface area (Å²) < 4.78 is 11.4. The summed E-state index contributed by atoms with van der Waals surface area (Å²) in [6, 6.07) is 6.94. The summed E-state index contributed by atoms with van der Waals surface area (Å²) in [4.78, 5) is 29.0. The maximum atomic E-state index is 12.8. The van der Waals surface area contributed by atoms with Gasteiger partial charge in [0.25, 0.3) is 11.8 Å². The molecule has 148 valence electrons. The molecule has 1 aromatic carbocycles. The van der Waals surface area contributed by atoms with Gasteiger partial charge in [0, 0.05) is 43.6 Å². The van der Waals surface area contributed by atoms with E-state index in [9.17, 15) is 9.59 Å². The van der Waals surface area contributed by atoms with Crippen molar-refractivity contribution in [2.24, 2.45) is 0 Å². The number of nitrogens with one attached hydrogen (secondary N) is 1. The first-order valence-corrected chi connectivity index (χ1v) is 9.59. The highest BCUT2D eigenvalue weighted by Gasteiger charge is 2.40. The second kappa shape index (κ2) is 8.82. The van der Waals surface area contributed by atoms with Gasteiger partial charge in [0.2, 0.25) is 0 Å². The highest BCUT2D eigenvalue weighted by molar-refractivity contribution is 5.99. The highest BCUT2D eigenvalue weighted by Crippen LogP contribution is 2.31. The molecule has 0 unspecified atom stereocenters. The lowest BCUT2D eigenvalue weighted by molar-refractivity contribution is -0.181. The molecule has 27 heavy (non-hydrogen) atoms. The van der Waals surface area contributed by atoms with Crippen molar-refractivity contribution >= 4 is 11.8 Å². The third kappa shape index (κ3) is 5.06. The molecule has 0 radical (unpaired) electrons. The SMILES string of the molecule is CN(C)CCCNC(=O)c1cccc(C(=O)N2CCC3(CC2)OCCO3)c1. The second-order valence-corrected chi connectivity index (χ2v) is 7.39. The number of ether oxygens (including phenoxy) is 2. The predicted octanol–water partition coefficient (Wildman–Crippen LogP) is 1.35. The average Bonchev–Trinajstić information content (AvgIpc) is 3.13. The van der Waals surface area contributed by atoms with E-state index in [4.69, 9.17) is 9.47 Å². The molecule has 1 N–H and O–H groups in total. The molecular weight excluding hydrogens is 346 g/mol. The van der Waals surface area contributed by atoms with Gasteiger partial charge < -0.3 is 24.6 Å². The molecule has 0 bridgehead atoms. The fraction of sp³-hybridized carbons (Fsp3) is 0.600. The lowest BCUT2D eigenvalue weighted by Gasteiger charge is -2.37. The van der Waals surface area contributed by atoms with Crippen LogP contribution in [0.1, 0.15) is 40.0 Å². The van der Waals surface area contributed by atoms with Gasteiger partial charge in [-0.25, -0.2) is 0 Å². The molecule has 0 atom stereocenters. The Morgan fingerprint density at radius 1 is 1.15 bits per heavy atom. The molecule has 0 aliphatic carbocycles. The van der Waals surface area contributed by atoms with Crippen LogP contribution in [0.15, 0.2) is 24.3 Å². The zero-order chi connectivity index (χ0) is 19.3. The van der Waals surface area contributed by atoms with Gasteiger partial charge >= 0.3 is 0 Å². The quantitative estimate of drug-likeness (QED) is 0.760. The van der Waals surface area contributed by atoms with E-state index in [0.717, 1.165) is 13.0 Å². The maximum absolute atomic E-state index is 12.8. The summed E-state index contributed by atoms with van der Waals surface area (Å²) >= 11 is 0. The van der Waals surface area contributed by atoms with E-state index in [1.807, 2.05) is 19.0 Å². The normalized spacial score (nSPS) is 18.9. The summed E-state index contributed by atoms with van der Waals surface area (Å²) in [7, 11) is 4.01. The zero-order valence-electron chi connectivity index (χ0n) is 16.2.